The second-order valence-corrected chi connectivity index (χ2v) is 5.93. The highest BCUT2D eigenvalue weighted by Gasteiger charge is 2.05. The molecule has 0 atom stereocenters. The molecule has 0 amide bonds. The van der Waals surface area contributed by atoms with Crippen LogP contribution in [0.25, 0.3) is 0 Å². The lowest BCUT2D eigenvalue weighted by Crippen LogP contribution is -2.14. The number of aliphatic hydroxyl groups excluding tert-OH is 1. The van der Waals surface area contributed by atoms with E-state index in [1.807, 2.05) is 12.1 Å². The van der Waals surface area contributed by atoms with Crippen molar-refractivity contribution in [1.29, 1.82) is 0 Å². The molecule has 0 saturated heterocycles. The summed E-state index contributed by atoms with van der Waals surface area (Å²) in [5.41, 5.74) is 1.13. The van der Waals surface area contributed by atoms with Gasteiger partial charge in [0.1, 0.15) is 5.75 Å². The summed E-state index contributed by atoms with van der Waals surface area (Å²) >= 11 is 6.63. The van der Waals surface area contributed by atoms with E-state index in [1.165, 1.54) is 0 Å². The van der Waals surface area contributed by atoms with Crippen molar-refractivity contribution < 1.29 is 10.2 Å². The molecule has 0 aromatic heterocycles. The SMILES string of the molecule is OCCCCCCNCc1cc(Br)c(O)c(Br)c1. The Morgan fingerprint density at radius 2 is 1.61 bits per heavy atom. The Morgan fingerprint density at radius 1 is 1.00 bits per heavy atom. The van der Waals surface area contributed by atoms with E-state index in [-0.39, 0.29) is 5.75 Å². The van der Waals surface area contributed by atoms with Gasteiger partial charge in [0.15, 0.2) is 0 Å². The minimum absolute atomic E-state index is 0.239. The molecule has 0 bridgehead atoms. The zero-order chi connectivity index (χ0) is 13.4. The molecule has 102 valence electrons. The minimum atomic E-state index is 0.239. The van der Waals surface area contributed by atoms with Crippen LogP contribution in [0, 0.1) is 0 Å². The van der Waals surface area contributed by atoms with Gasteiger partial charge in [-0.05, 0) is 68.9 Å². The van der Waals surface area contributed by atoms with Gasteiger partial charge in [0.25, 0.3) is 0 Å². The van der Waals surface area contributed by atoms with Crippen LogP contribution in [-0.4, -0.2) is 23.4 Å². The van der Waals surface area contributed by atoms with Gasteiger partial charge in [-0.3, -0.25) is 0 Å². The zero-order valence-corrected chi connectivity index (χ0v) is 13.4. The van der Waals surface area contributed by atoms with E-state index in [2.05, 4.69) is 37.2 Å². The smallest absolute Gasteiger partial charge is 0.143 e. The van der Waals surface area contributed by atoms with Gasteiger partial charge in [0.05, 0.1) is 8.95 Å². The molecule has 0 saturated carbocycles. The first-order valence-corrected chi connectivity index (χ1v) is 7.72. The summed E-state index contributed by atoms with van der Waals surface area (Å²) in [5.74, 6) is 0.239. The maximum absolute atomic E-state index is 9.59. The van der Waals surface area contributed by atoms with Gasteiger partial charge >= 0.3 is 0 Å². The molecule has 3 nitrogen and oxygen atoms in total. The number of nitrogens with one attached hydrogen (secondary N) is 1. The molecular weight excluding hydrogens is 362 g/mol. The second-order valence-electron chi connectivity index (χ2n) is 4.22. The first-order chi connectivity index (χ1) is 8.65. The van der Waals surface area contributed by atoms with E-state index in [9.17, 15) is 5.11 Å². The Bertz CT molecular complexity index is 349. The molecule has 0 unspecified atom stereocenters. The van der Waals surface area contributed by atoms with Crippen molar-refractivity contribution in [2.45, 2.75) is 32.2 Å². The number of hydrogen-bond donors (Lipinski definition) is 3. The number of hydrogen-bond acceptors (Lipinski definition) is 3. The zero-order valence-electron chi connectivity index (χ0n) is 10.3. The van der Waals surface area contributed by atoms with Gasteiger partial charge in [-0.2, -0.15) is 0 Å². The lowest BCUT2D eigenvalue weighted by Gasteiger charge is -2.07. The number of rotatable bonds is 8. The van der Waals surface area contributed by atoms with Crippen molar-refractivity contribution in [3.05, 3.63) is 26.6 Å². The number of unbranched alkanes of at least 4 members (excludes halogenated alkanes) is 3. The largest absolute Gasteiger partial charge is 0.506 e. The molecule has 5 heteroatoms. The van der Waals surface area contributed by atoms with Crippen LogP contribution < -0.4 is 5.32 Å². The molecule has 0 spiro atoms. The molecule has 3 N–H and O–H groups in total. The Hall–Kier alpha value is -0.100. The van der Waals surface area contributed by atoms with Crippen LogP contribution in [-0.2, 0) is 6.54 Å². The molecule has 1 aromatic carbocycles. The van der Waals surface area contributed by atoms with Crippen LogP contribution in [0.3, 0.4) is 0 Å². The summed E-state index contributed by atoms with van der Waals surface area (Å²) in [7, 11) is 0. The summed E-state index contributed by atoms with van der Waals surface area (Å²) < 4.78 is 1.41. The molecule has 0 radical (unpaired) electrons. The normalized spacial score (nSPS) is 10.8. The van der Waals surface area contributed by atoms with Gasteiger partial charge in [0.2, 0.25) is 0 Å². The van der Waals surface area contributed by atoms with Crippen LogP contribution >= 0.6 is 31.9 Å². The van der Waals surface area contributed by atoms with Crippen LogP contribution in [0.15, 0.2) is 21.1 Å². The molecular formula is C13H19Br2NO2. The van der Waals surface area contributed by atoms with Crippen LogP contribution in [0.2, 0.25) is 0 Å². The number of aliphatic hydroxyl groups is 1. The Labute approximate surface area is 125 Å². The van der Waals surface area contributed by atoms with E-state index in [0.29, 0.717) is 15.6 Å². The maximum Gasteiger partial charge on any atom is 0.143 e. The summed E-state index contributed by atoms with van der Waals surface area (Å²) in [4.78, 5) is 0. The van der Waals surface area contributed by atoms with Crippen molar-refractivity contribution in [3.8, 4) is 5.75 Å². The average Bonchev–Trinajstić information content (AvgIpc) is 2.34. The van der Waals surface area contributed by atoms with Crippen LogP contribution in [0.1, 0.15) is 31.2 Å². The molecule has 1 rings (SSSR count). The number of benzene rings is 1. The fourth-order valence-electron chi connectivity index (χ4n) is 1.67. The summed E-state index contributed by atoms with van der Waals surface area (Å²) in [6, 6.07) is 3.83. The first-order valence-electron chi connectivity index (χ1n) is 6.13. The average molecular weight is 381 g/mol. The highest BCUT2D eigenvalue weighted by molar-refractivity contribution is 9.11. The number of phenols is 1. The van der Waals surface area contributed by atoms with Gasteiger partial charge in [-0.15, -0.1) is 0 Å². The summed E-state index contributed by atoms with van der Waals surface area (Å²) in [6.07, 6.45) is 4.27. The van der Waals surface area contributed by atoms with Crippen LogP contribution in [0.4, 0.5) is 0 Å². The molecule has 1 aromatic rings. The highest BCUT2D eigenvalue weighted by atomic mass is 79.9. The van der Waals surface area contributed by atoms with Gasteiger partial charge in [0, 0.05) is 13.2 Å². The molecule has 0 aliphatic heterocycles. The fourth-order valence-corrected chi connectivity index (χ4v) is 2.95. The second kappa shape index (κ2) is 8.91. The summed E-state index contributed by atoms with van der Waals surface area (Å²) in [6.45, 7) is 2.06. The topological polar surface area (TPSA) is 52.5 Å². The van der Waals surface area contributed by atoms with Crippen molar-refractivity contribution in [3.63, 3.8) is 0 Å². The third-order valence-corrected chi connectivity index (χ3v) is 3.88. The monoisotopic (exact) mass is 379 g/mol. The molecule has 0 heterocycles. The van der Waals surface area contributed by atoms with E-state index >= 15 is 0 Å². The Kier molecular flexibility index (Phi) is 7.90. The predicted octanol–water partition coefficient (Wildman–Crippen LogP) is 3.56. The number of aromatic hydroxyl groups is 1. The number of phenolic OH excluding ortho intramolecular Hbond substituents is 1. The number of halogens is 2. The summed E-state index contributed by atoms with van der Waals surface area (Å²) in [5, 5.41) is 21.6. The predicted molar refractivity (Wildman–Crippen MR) is 80.8 cm³/mol. The molecule has 0 aliphatic rings. The Balaban J connectivity index is 2.23. The molecule has 0 aliphatic carbocycles. The quantitative estimate of drug-likeness (QED) is 0.604. The fraction of sp³-hybridized carbons (Fsp3) is 0.538. The maximum atomic E-state index is 9.59. The standard InChI is InChI=1S/C13H19Br2NO2/c14-11-7-10(8-12(15)13(11)18)9-16-5-3-1-2-4-6-17/h7-8,16-18H,1-6,9H2. The van der Waals surface area contributed by atoms with E-state index in [4.69, 9.17) is 5.11 Å². The van der Waals surface area contributed by atoms with E-state index < -0.39 is 0 Å². The van der Waals surface area contributed by atoms with Crippen molar-refractivity contribution in [2.24, 2.45) is 0 Å². The van der Waals surface area contributed by atoms with Crippen LogP contribution in [0.5, 0.6) is 5.75 Å². The van der Waals surface area contributed by atoms with Gasteiger partial charge < -0.3 is 15.5 Å². The first kappa shape index (κ1) is 16.0. The highest BCUT2D eigenvalue weighted by Crippen LogP contribution is 2.33. The van der Waals surface area contributed by atoms with E-state index in [1.54, 1.807) is 0 Å². The van der Waals surface area contributed by atoms with Crippen molar-refractivity contribution in [1.82, 2.24) is 5.32 Å². The Morgan fingerprint density at radius 3 is 2.22 bits per heavy atom. The van der Waals surface area contributed by atoms with Crippen molar-refractivity contribution >= 4 is 31.9 Å². The third kappa shape index (κ3) is 5.69. The molecule has 0 fully saturated rings. The lowest BCUT2D eigenvalue weighted by atomic mass is 10.2. The minimum Gasteiger partial charge on any atom is -0.506 e. The van der Waals surface area contributed by atoms with Gasteiger partial charge in [-0.1, -0.05) is 12.8 Å². The van der Waals surface area contributed by atoms with Gasteiger partial charge in [-0.25, -0.2) is 0 Å². The molecule has 18 heavy (non-hydrogen) atoms. The third-order valence-electron chi connectivity index (χ3n) is 2.67. The van der Waals surface area contributed by atoms with Crippen molar-refractivity contribution in [2.75, 3.05) is 13.2 Å². The van der Waals surface area contributed by atoms with E-state index in [0.717, 1.165) is 44.3 Å². The lowest BCUT2D eigenvalue weighted by molar-refractivity contribution is 0.282.